The lowest BCUT2D eigenvalue weighted by atomic mass is 9.73. The Balaban J connectivity index is 1.34. The fraction of sp³-hybridized carbons (Fsp3) is 0.947. The molecule has 1 saturated carbocycles. The SMILES string of the molecule is COC1CN(C2CCN(C(=O)C3CCCC3)CC2)C12CCOCC2. The van der Waals surface area contributed by atoms with Crippen LogP contribution in [0.5, 0.6) is 0 Å². The number of hydrogen-bond donors (Lipinski definition) is 0. The molecule has 1 amide bonds. The van der Waals surface area contributed by atoms with Crippen molar-refractivity contribution in [2.24, 2.45) is 5.92 Å². The van der Waals surface area contributed by atoms with Crippen molar-refractivity contribution in [2.75, 3.05) is 40.0 Å². The van der Waals surface area contributed by atoms with E-state index in [0.717, 1.165) is 71.4 Å². The molecule has 0 bridgehead atoms. The number of nitrogens with zero attached hydrogens (tertiary/aromatic N) is 2. The van der Waals surface area contributed by atoms with Crippen molar-refractivity contribution in [1.82, 2.24) is 9.80 Å². The number of ether oxygens (including phenoxy) is 2. The summed E-state index contributed by atoms with van der Waals surface area (Å²) in [5.74, 6) is 0.760. The average molecular weight is 336 g/mol. The molecule has 0 N–H and O–H groups in total. The van der Waals surface area contributed by atoms with E-state index in [1.165, 1.54) is 12.8 Å². The number of likely N-dealkylation sites (tertiary alicyclic amines) is 2. The van der Waals surface area contributed by atoms with Crippen molar-refractivity contribution in [1.29, 1.82) is 0 Å². The molecule has 1 atom stereocenters. The molecule has 0 aromatic rings. The zero-order chi connectivity index (χ0) is 16.6. The van der Waals surface area contributed by atoms with Crippen molar-refractivity contribution in [3.63, 3.8) is 0 Å². The molecule has 4 aliphatic rings. The van der Waals surface area contributed by atoms with Gasteiger partial charge in [-0.2, -0.15) is 0 Å². The highest BCUT2D eigenvalue weighted by Gasteiger charge is 2.56. The maximum Gasteiger partial charge on any atom is 0.225 e. The summed E-state index contributed by atoms with van der Waals surface area (Å²) in [5, 5.41) is 0. The highest BCUT2D eigenvalue weighted by molar-refractivity contribution is 5.79. The van der Waals surface area contributed by atoms with E-state index in [-0.39, 0.29) is 5.54 Å². The fourth-order valence-electron chi connectivity index (χ4n) is 5.57. The Morgan fingerprint density at radius 3 is 2.38 bits per heavy atom. The molecule has 5 heteroatoms. The zero-order valence-corrected chi connectivity index (χ0v) is 15.0. The first-order valence-electron chi connectivity index (χ1n) is 9.91. The highest BCUT2D eigenvalue weighted by Crippen LogP contribution is 2.44. The molecule has 3 aliphatic heterocycles. The minimum atomic E-state index is 0.204. The smallest absolute Gasteiger partial charge is 0.225 e. The van der Waals surface area contributed by atoms with Gasteiger partial charge in [0.05, 0.1) is 11.6 Å². The third kappa shape index (κ3) is 2.78. The third-order valence-electron chi connectivity index (χ3n) is 7.10. The van der Waals surface area contributed by atoms with Crippen LogP contribution >= 0.6 is 0 Å². The zero-order valence-electron chi connectivity index (χ0n) is 15.0. The van der Waals surface area contributed by atoms with Crippen molar-refractivity contribution in [3.05, 3.63) is 0 Å². The minimum Gasteiger partial charge on any atom is -0.381 e. The molecular formula is C19H32N2O3. The summed E-state index contributed by atoms with van der Waals surface area (Å²) in [6.07, 6.45) is 9.49. The molecule has 4 rings (SSSR count). The molecule has 1 spiro atoms. The van der Waals surface area contributed by atoms with Crippen molar-refractivity contribution in [2.45, 2.75) is 69.1 Å². The van der Waals surface area contributed by atoms with Crippen molar-refractivity contribution >= 4 is 5.91 Å². The van der Waals surface area contributed by atoms with E-state index in [4.69, 9.17) is 9.47 Å². The third-order valence-corrected chi connectivity index (χ3v) is 7.10. The van der Waals surface area contributed by atoms with Crippen LogP contribution in [0.4, 0.5) is 0 Å². The van der Waals surface area contributed by atoms with Crippen LogP contribution in [-0.4, -0.2) is 73.3 Å². The number of piperidine rings is 1. The number of carbonyl (C=O) groups is 1. The van der Waals surface area contributed by atoms with Crippen LogP contribution in [0, 0.1) is 5.92 Å². The van der Waals surface area contributed by atoms with E-state index in [0.29, 0.717) is 24.0 Å². The second-order valence-electron chi connectivity index (χ2n) is 8.13. The Bertz CT molecular complexity index is 450. The first kappa shape index (κ1) is 16.8. The van der Waals surface area contributed by atoms with Crippen LogP contribution in [0.3, 0.4) is 0 Å². The van der Waals surface area contributed by atoms with Gasteiger partial charge in [-0.15, -0.1) is 0 Å². The van der Waals surface area contributed by atoms with Gasteiger partial charge in [-0.05, 0) is 38.5 Å². The molecule has 0 aromatic carbocycles. The van der Waals surface area contributed by atoms with Crippen LogP contribution in [0.1, 0.15) is 51.4 Å². The van der Waals surface area contributed by atoms with Gasteiger partial charge >= 0.3 is 0 Å². The topological polar surface area (TPSA) is 42.0 Å². The van der Waals surface area contributed by atoms with E-state index in [1.807, 2.05) is 7.11 Å². The Kier molecular flexibility index (Phi) is 4.85. The minimum absolute atomic E-state index is 0.204. The summed E-state index contributed by atoms with van der Waals surface area (Å²) < 4.78 is 11.4. The summed E-state index contributed by atoms with van der Waals surface area (Å²) in [6.45, 7) is 4.66. The fourth-order valence-corrected chi connectivity index (χ4v) is 5.57. The monoisotopic (exact) mass is 336 g/mol. The van der Waals surface area contributed by atoms with Crippen molar-refractivity contribution < 1.29 is 14.3 Å². The maximum absolute atomic E-state index is 12.6. The maximum atomic E-state index is 12.6. The number of methoxy groups -OCH3 is 1. The van der Waals surface area contributed by atoms with Gasteiger partial charge in [-0.25, -0.2) is 0 Å². The second-order valence-corrected chi connectivity index (χ2v) is 8.13. The molecule has 5 nitrogen and oxygen atoms in total. The van der Waals surface area contributed by atoms with Gasteiger partial charge in [0, 0.05) is 51.9 Å². The first-order chi connectivity index (χ1) is 11.7. The largest absolute Gasteiger partial charge is 0.381 e. The lowest BCUT2D eigenvalue weighted by Crippen LogP contribution is -2.75. The van der Waals surface area contributed by atoms with Gasteiger partial charge in [0.25, 0.3) is 0 Å². The van der Waals surface area contributed by atoms with Gasteiger partial charge in [-0.3, -0.25) is 9.69 Å². The molecule has 3 saturated heterocycles. The van der Waals surface area contributed by atoms with Gasteiger partial charge in [0.15, 0.2) is 0 Å². The summed E-state index contributed by atoms with van der Waals surface area (Å²) in [6, 6.07) is 0.613. The average Bonchev–Trinajstić information content (AvgIpc) is 3.16. The number of rotatable bonds is 3. The second kappa shape index (κ2) is 6.93. The molecular weight excluding hydrogens is 304 g/mol. The number of hydrogen-bond acceptors (Lipinski definition) is 4. The van der Waals surface area contributed by atoms with E-state index >= 15 is 0 Å². The summed E-state index contributed by atoms with van der Waals surface area (Å²) in [5.41, 5.74) is 0.204. The van der Waals surface area contributed by atoms with Crippen LogP contribution in [0.25, 0.3) is 0 Å². The number of amides is 1. The summed E-state index contributed by atoms with van der Waals surface area (Å²) in [7, 11) is 1.85. The van der Waals surface area contributed by atoms with Crippen LogP contribution in [0.2, 0.25) is 0 Å². The van der Waals surface area contributed by atoms with Gasteiger partial charge in [-0.1, -0.05) is 12.8 Å². The molecule has 3 heterocycles. The van der Waals surface area contributed by atoms with Crippen LogP contribution in [0.15, 0.2) is 0 Å². The van der Waals surface area contributed by atoms with E-state index < -0.39 is 0 Å². The van der Waals surface area contributed by atoms with Gasteiger partial charge in [0.2, 0.25) is 5.91 Å². The molecule has 136 valence electrons. The van der Waals surface area contributed by atoms with Crippen molar-refractivity contribution in [3.8, 4) is 0 Å². The Labute approximate surface area is 145 Å². The van der Waals surface area contributed by atoms with E-state index in [2.05, 4.69) is 9.80 Å². The standard InChI is InChI=1S/C19H32N2O3/c1-23-17-14-21(19(17)8-12-24-13-9-19)16-6-10-20(11-7-16)18(22)15-4-2-3-5-15/h15-17H,2-14H2,1H3. The summed E-state index contributed by atoms with van der Waals surface area (Å²) in [4.78, 5) is 17.5. The predicted molar refractivity (Wildman–Crippen MR) is 91.8 cm³/mol. The summed E-state index contributed by atoms with van der Waals surface area (Å²) >= 11 is 0. The first-order valence-corrected chi connectivity index (χ1v) is 9.91. The molecule has 24 heavy (non-hydrogen) atoms. The predicted octanol–water partition coefficient (Wildman–Crippen LogP) is 2.05. The molecule has 1 unspecified atom stereocenters. The van der Waals surface area contributed by atoms with Gasteiger partial charge in [0.1, 0.15) is 0 Å². The molecule has 4 fully saturated rings. The quantitative estimate of drug-likeness (QED) is 0.791. The lowest BCUT2D eigenvalue weighted by molar-refractivity contribution is -0.208. The van der Waals surface area contributed by atoms with E-state index in [9.17, 15) is 4.79 Å². The Hall–Kier alpha value is -0.650. The molecule has 0 aromatic heterocycles. The molecule has 0 radical (unpaired) electrons. The normalized spacial score (nSPS) is 32.2. The van der Waals surface area contributed by atoms with Gasteiger partial charge < -0.3 is 14.4 Å². The Morgan fingerprint density at radius 1 is 1.08 bits per heavy atom. The lowest BCUT2D eigenvalue weighted by Gasteiger charge is -2.63. The molecule has 1 aliphatic carbocycles. The number of carbonyl (C=O) groups excluding carboxylic acids is 1. The van der Waals surface area contributed by atoms with E-state index in [1.54, 1.807) is 0 Å². The Morgan fingerprint density at radius 2 is 1.75 bits per heavy atom. The highest BCUT2D eigenvalue weighted by atomic mass is 16.5. The van der Waals surface area contributed by atoms with Crippen LogP contribution in [-0.2, 0) is 14.3 Å². The van der Waals surface area contributed by atoms with Crippen LogP contribution < -0.4 is 0 Å².